The first-order valence-corrected chi connectivity index (χ1v) is 12.0. The molecule has 0 bridgehead atoms. The van der Waals surface area contributed by atoms with E-state index in [4.69, 9.17) is 0 Å². The van der Waals surface area contributed by atoms with E-state index in [1.165, 1.54) is 11.3 Å². The lowest BCUT2D eigenvalue weighted by atomic mass is 10.1. The number of benzene rings is 2. The Labute approximate surface area is 204 Å². The van der Waals surface area contributed by atoms with Crippen LogP contribution < -0.4 is 10.6 Å². The first-order chi connectivity index (χ1) is 16.2. The van der Waals surface area contributed by atoms with E-state index in [9.17, 15) is 14.4 Å². The molecule has 2 N–H and O–H groups in total. The molecule has 3 amide bonds. The summed E-state index contributed by atoms with van der Waals surface area (Å²) in [6, 6.07) is 14.9. The Morgan fingerprint density at radius 2 is 1.53 bits per heavy atom. The number of thiazole rings is 1. The smallest absolute Gasteiger partial charge is 0.254 e. The van der Waals surface area contributed by atoms with Crippen molar-refractivity contribution in [2.24, 2.45) is 5.92 Å². The first kappa shape index (κ1) is 25.1. The number of aromatic nitrogens is 1. The number of nitrogens with zero attached hydrogens (tertiary/aromatic N) is 2. The summed E-state index contributed by atoms with van der Waals surface area (Å²) < 4.78 is 0. The molecular weight excluding hydrogens is 448 g/mol. The van der Waals surface area contributed by atoms with E-state index < -0.39 is 0 Å². The van der Waals surface area contributed by atoms with Crippen molar-refractivity contribution < 1.29 is 14.4 Å². The highest BCUT2D eigenvalue weighted by atomic mass is 32.1. The molecule has 0 saturated carbocycles. The highest BCUT2D eigenvalue weighted by molar-refractivity contribution is 7.13. The van der Waals surface area contributed by atoms with Gasteiger partial charge in [-0.3, -0.25) is 14.4 Å². The zero-order valence-corrected chi connectivity index (χ0v) is 20.7. The number of hydrogen-bond donors (Lipinski definition) is 2. The van der Waals surface area contributed by atoms with Crippen molar-refractivity contribution in [1.82, 2.24) is 9.88 Å². The average Bonchev–Trinajstić information content (AvgIpc) is 3.21. The summed E-state index contributed by atoms with van der Waals surface area (Å²) in [4.78, 5) is 43.8. The van der Waals surface area contributed by atoms with E-state index in [1.807, 2.05) is 64.1 Å². The van der Waals surface area contributed by atoms with Crippen LogP contribution in [0.15, 0.2) is 53.9 Å². The standard InChI is InChI=1S/C26H30N4O3S/c1-17(2)14-30(25(33)20-9-5-18(3)6-10-20)15-24(32)29-26-28-22(16-34-26)13-23(31)27-21-11-7-19(4)8-12-21/h5-12,16-17H,13-15H2,1-4H3,(H,27,31)(H,28,29,32). The number of aryl methyl sites for hydroxylation is 2. The van der Waals surface area contributed by atoms with Crippen LogP contribution in [0.5, 0.6) is 0 Å². The van der Waals surface area contributed by atoms with E-state index in [0.717, 1.165) is 16.8 Å². The van der Waals surface area contributed by atoms with Gasteiger partial charge < -0.3 is 15.5 Å². The Morgan fingerprint density at radius 3 is 2.15 bits per heavy atom. The molecule has 0 aliphatic heterocycles. The molecule has 2 aromatic carbocycles. The van der Waals surface area contributed by atoms with Crippen LogP contribution >= 0.6 is 11.3 Å². The van der Waals surface area contributed by atoms with Crippen molar-refractivity contribution in [1.29, 1.82) is 0 Å². The van der Waals surface area contributed by atoms with Gasteiger partial charge in [0.15, 0.2) is 5.13 Å². The Morgan fingerprint density at radius 1 is 0.912 bits per heavy atom. The highest BCUT2D eigenvalue weighted by Gasteiger charge is 2.20. The van der Waals surface area contributed by atoms with Crippen LogP contribution in [0.25, 0.3) is 0 Å². The van der Waals surface area contributed by atoms with Gasteiger partial charge in [0.05, 0.1) is 12.1 Å². The summed E-state index contributed by atoms with van der Waals surface area (Å²) >= 11 is 1.25. The monoisotopic (exact) mass is 478 g/mol. The summed E-state index contributed by atoms with van der Waals surface area (Å²) in [5.74, 6) is -0.484. The minimum Gasteiger partial charge on any atom is -0.329 e. The van der Waals surface area contributed by atoms with Crippen molar-refractivity contribution >= 4 is 39.9 Å². The minimum atomic E-state index is -0.328. The third-order valence-corrected chi connectivity index (χ3v) is 5.79. The lowest BCUT2D eigenvalue weighted by Gasteiger charge is -2.24. The molecule has 1 aromatic heterocycles. The predicted molar refractivity (Wildman–Crippen MR) is 136 cm³/mol. The normalized spacial score (nSPS) is 10.7. The molecule has 7 nitrogen and oxygen atoms in total. The lowest BCUT2D eigenvalue weighted by molar-refractivity contribution is -0.117. The van der Waals surface area contributed by atoms with Gasteiger partial charge in [0, 0.05) is 23.2 Å². The summed E-state index contributed by atoms with van der Waals surface area (Å²) in [5.41, 5.74) is 4.03. The molecule has 0 saturated heterocycles. The maximum Gasteiger partial charge on any atom is 0.254 e. The second-order valence-corrected chi connectivity index (χ2v) is 9.59. The third-order valence-electron chi connectivity index (χ3n) is 4.98. The Bertz CT molecular complexity index is 1140. The maximum absolute atomic E-state index is 13.0. The van der Waals surface area contributed by atoms with Gasteiger partial charge in [-0.1, -0.05) is 49.2 Å². The molecular formula is C26H30N4O3S. The quantitative estimate of drug-likeness (QED) is 0.467. The molecule has 0 atom stereocenters. The molecule has 0 aliphatic rings. The largest absolute Gasteiger partial charge is 0.329 e. The molecule has 0 unspecified atom stereocenters. The van der Waals surface area contributed by atoms with Gasteiger partial charge in [-0.25, -0.2) is 4.98 Å². The molecule has 3 aromatic rings. The number of amides is 3. The molecule has 0 spiro atoms. The number of nitrogens with one attached hydrogen (secondary N) is 2. The lowest BCUT2D eigenvalue weighted by Crippen LogP contribution is -2.40. The van der Waals surface area contributed by atoms with Gasteiger partial charge in [0.2, 0.25) is 11.8 Å². The van der Waals surface area contributed by atoms with Crippen molar-refractivity contribution in [3.05, 3.63) is 76.3 Å². The summed E-state index contributed by atoms with van der Waals surface area (Å²) in [6.45, 7) is 8.33. The van der Waals surface area contributed by atoms with Gasteiger partial charge in [0.1, 0.15) is 6.54 Å². The summed E-state index contributed by atoms with van der Waals surface area (Å²) in [5, 5.41) is 7.73. The van der Waals surface area contributed by atoms with Crippen LogP contribution in [0, 0.1) is 19.8 Å². The van der Waals surface area contributed by atoms with Crippen molar-refractivity contribution in [3.63, 3.8) is 0 Å². The van der Waals surface area contributed by atoms with Crippen LogP contribution in [0.1, 0.15) is 41.0 Å². The van der Waals surface area contributed by atoms with Gasteiger partial charge in [-0.15, -0.1) is 11.3 Å². The van der Waals surface area contributed by atoms with E-state index in [2.05, 4.69) is 15.6 Å². The molecule has 0 radical (unpaired) electrons. The van der Waals surface area contributed by atoms with Gasteiger partial charge in [-0.05, 0) is 44.0 Å². The molecule has 34 heavy (non-hydrogen) atoms. The number of anilines is 2. The summed E-state index contributed by atoms with van der Waals surface area (Å²) in [7, 11) is 0. The zero-order chi connectivity index (χ0) is 24.7. The third kappa shape index (κ3) is 7.52. The maximum atomic E-state index is 13.0. The van der Waals surface area contributed by atoms with E-state index in [0.29, 0.717) is 22.9 Å². The molecule has 178 valence electrons. The Kier molecular flexibility index (Phi) is 8.54. The van der Waals surface area contributed by atoms with Gasteiger partial charge in [0.25, 0.3) is 5.91 Å². The summed E-state index contributed by atoms with van der Waals surface area (Å²) in [6.07, 6.45) is 0.103. The van der Waals surface area contributed by atoms with Crippen LogP contribution in [0.3, 0.4) is 0 Å². The van der Waals surface area contributed by atoms with Gasteiger partial charge in [-0.2, -0.15) is 0 Å². The molecule has 0 fully saturated rings. The van der Waals surface area contributed by atoms with Gasteiger partial charge >= 0.3 is 0 Å². The number of carbonyl (C=O) groups is 3. The fourth-order valence-corrected chi connectivity index (χ4v) is 4.05. The Balaban J connectivity index is 1.57. The van der Waals surface area contributed by atoms with Crippen LogP contribution in [0.4, 0.5) is 10.8 Å². The number of rotatable bonds is 9. The molecule has 1 heterocycles. The molecule has 8 heteroatoms. The molecule has 0 aliphatic carbocycles. The van der Waals surface area contributed by atoms with E-state index in [-0.39, 0.29) is 36.6 Å². The van der Waals surface area contributed by atoms with Crippen LogP contribution in [0.2, 0.25) is 0 Å². The Hall–Kier alpha value is -3.52. The van der Waals surface area contributed by atoms with Crippen molar-refractivity contribution in [2.45, 2.75) is 34.1 Å². The number of hydrogen-bond acceptors (Lipinski definition) is 5. The zero-order valence-electron chi connectivity index (χ0n) is 19.9. The SMILES string of the molecule is Cc1ccc(NC(=O)Cc2csc(NC(=O)CN(CC(C)C)C(=O)c3ccc(C)cc3)n2)cc1. The molecule has 3 rings (SSSR count). The second kappa shape index (κ2) is 11.6. The average molecular weight is 479 g/mol. The topological polar surface area (TPSA) is 91.4 Å². The number of carbonyl (C=O) groups excluding carboxylic acids is 3. The van der Waals surface area contributed by atoms with E-state index >= 15 is 0 Å². The van der Waals surface area contributed by atoms with Crippen molar-refractivity contribution in [3.8, 4) is 0 Å². The van der Waals surface area contributed by atoms with E-state index in [1.54, 1.807) is 22.4 Å². The second-order valence-electron chi connectivity index (χ2n) is 8.73. The highest BCUT2D eigenvalue weighted by Crippen LogP contribution is 2.17. The first-order valence-electron chi connectivity index (χ1n) is 11.2. The van der Waals surface area contributed by atoms with Crippen molar-refractivity contribution in [2.75, 3.05) is 23.7 Å². The van der Waals surface area contributed by atoms with Crippen LogP contribution in [-0.2, 0) is 16.0 Å². The fraction of sp³-hybridized carbons (Fsp3) is 0.308. The minimum absolute atomic E-state index is 0.0757. The van der Waals surface area contributed by atoms with Crippen LogP contribution in [-0.4, -0.2) is 40.7 Å². The fourth-order valence-electron chi connectivity index (χ4n) is 3.32. The predicted octanol–water partition coefficient (Wildman–Crippen LogP) is 4.68.